The second kappa shape index (κ2) is 8.42. The van der Waals surface area contributed by atoms with Crippen molar-refractivity contribution in [3.63, 3.8) is 0 Å². The number of rotatable bonds is 9. The smallest absolute Gasteiger partial charge is 0.323 e. The van der Waals surface area contributed by atoms with Gasteiger partial charge in [0.25, 0.3) is 0 Å². The van der Waals surface area contributed by atoms with Crippen LogP contribution >= 0.6 is 0 Å². The first-order valence-electron chi connectivity index (χ1n) is 7.09. The summed E-state index contributed by atoms with van der Waals surface area (Å²) in [7, 11) is 0. The monoisotopic (exact) mass is 294 g/mol. The van der Waals surface area contributed by atoms with E-state index < -0.39 is 17.4 Å². The van der Waals surface area contributed by atoms with Crippen molar-refractivity contribution in [2.75, 3.05) is 13.2 Å². The predicted molar refractivity (Wildman–Crippen MR) is 77.7 cm³/mol. The molecule has 0 aliphatic carbocycles. The third kappa shape index (κ3) is 4.56. The fourth-order valence-corrected chi connectivity index (χ4v) is 2.05. The predicted octanol–water partition coefficient (Wildman–Crippen LogP) is 2.64. The van der Waals surface area contributed by atoms with Crippen LogP contribution in [0, 0.1) is 5.41 Å². The topological polar surface area (TPSA) is 72.8 Å². The summed E-state index contributed by atoms with van der Waals surface area (Å²) >= 11 is 0. The van der Waals surface area contributed by atoms with Gasteiger partial charge < -0.3 is 14.6 Å². The molecule has 1 aromatic rings. The van der Waals surface area contributed by atoms with E-state index in [1.54, 1.807) is 13.8 Å². The van der Waals surface area contributed by atoms with Crippen LogP contribution in [0.15, 0.2) is 30.3 Å². The minimum Gasteiger partial charge on any atom is -0.480 e. The van der Waals surface area contributed by atoms with E-state index in [0.29, 0.717) is 6.61 Å². The molecule has 1 rings (SSSR count). The maximum absolute atomic E-state index is 11.9. The first kappa shape index (κ1) is 17.2. The number of benzene rings is 1. The van der Waals surface area contributed by atoms with Crippen LogP contribution in [-0.2, 0) is 25.7 Å². The summed E-state index contributed by atoms with van der Waals surface area (Å²) in [6.45, 7) is 4.07. The Kier molecular flexibility index (Phi) is 6.88. The van der Waals surface area contributed by atoms with Crippen LogP contribution < -0.4 is 0 Å². The molecule has 0 bridgehead atoms. The van der Waals surface area contributed by atoms with Gasteiger partial charge in [-0.2, -0.15) is 0 Å². The number of carbonyl (C=O) groups excluding carboxylic acids is 1. The molecule has 1 aromatic carbocycles. The van der Waals surface area contributed by atoms with Gasteiger partial charge in [-0.25, -0.2) is 0 Å². The van der Waals surface area contributed by atoms with Crippen molar-refractivity contribution in [3.8, 4) is 0 Å². The van der Waals surface area contributed by atoms with E-state index in [0.717, 1.165) is 5.56 Å². The summed E-state index contributed by atoms with van der Waals surface area (Å²) in [6.07, 6.45) is 0.278. The molecule has 1 unspecified atom stereocenters. The lowest BCUT2D eigenvalue weighted by Crippen LogP contribution is -2.41. The normalized spacial score (nSPS) is 13.4. The summed E-state index contributed by atoms with van der Waals surface area (Å²) in [5, 5.41) is 9.38. The molecule has 21 heavy (non-hydrogen) atoms. The van der Waals surface area contributed by atoms with Crippen LogP contribution in [0.5, 0.6) is 0 Å². The maximum Gasteiger partial charge on any atom is 0.323 e. The summed E-state index contributed by atoms with van der Waals surface area (Å²) in [6, 6.07) is 9.58. The van der Waals surface area contributed by atoms with Crippen LogP contribution in [0.4, 0.5) is 0 Å². The Bertz CT molecular complexity index is 457. The fraction of sp³-hybridized carbons (Fsp3) is 0.500. The molecule has 1 N–H and O–H groups in total. The van der Waals surface area contributed by atoms with Gasteiger partial charge in [0, 0.05) is 6.61 Å². The van der Waals surface area contributed by atoms with Gasteiger partial charge in [-0.05, 0) is 25.3 Å². The van der Waals surface area contributed by atoms with E-state index >= 15 is 0 Å². The molecule has 0 amide bonds. The standard InChI is InChI=1S/C16H22O5/c1-3-16(14(17)18,15(19)21-4-2)10-11-20-12-13-8-6-5-7-9-13/h5-9H,3-4,10-12H2,1-2H3,(H,17,18). The number of carboxylic acids is 1. The van der Waals surface area contributed by atoms with Crippen molar-refractivity contribution in [2.24, 2.45) is 5.41 Å². The second-order valence-corrected chi connectivity index (χ2v) is 4.75. The Balaban J connectivity index is 2.57. The second-order valence-electron chi connectivity index (χ2n) is 4.75. The lowest BCUT2D eigenvalue weighted by molar-refractivity contribution is -0.170. The largest absolute Gasteiger partial charge is 0.480 e. The number of carboxylic acid groups (broad SMARTS) is 1. The molecular formula is C16H22O5. The van der Waals surface area contributed by atoms with Crippen LogP contribution in [0.2, 0.25) is 0 Å². The zero-order valence-electron chi connectivity index (χ0n) is 12.5. The van der Waals surface area contributed by atoms with Gasteiger partial charge in [0.1, 0.15) is 0 Å². The zero-order valence-corrected chi connectivity index (χ0v) is 12.5. The van der Waals surface area contributed by atoms with Gasteiger partial charge in [-0.1, -0.05) is 37.3 Å². The third-order valence-electron chi connectivity index (χ3n) is 3.46. The summed E-state index contributed by atoms with van der Waals surface area (Å²) in [5.74, 6) is -1.85. The number of aliphatic carboxylic acids is 1. The molecule has 0 saturated heterocycles. The van der Waals surface area contributed by atoms with E-state index in [9.17, 15) is 14.7 Å². The molecule has 0 radical (unpaired) electrons. The molecule has 0 heterocycles. The lowest BCUT2D eigenvalue weighted by atomic mass is 9.82. The Morgan fingerprint density at radius 2 is 1.86 bits per heavy atom. The Hall–Kier alpha value is -1.88. The molecular weight excluding hydrogens is 272 g/mol. The molecule has 0 saturated carbocycles. The molecule has 116 valence electrons. The first-order chi connectivity index (χ1) is 10.1. The molecule has 0 aromatic heterocycles. The Morgan fingerprint density at radius 3 is 2.38 bits per heavy atom. The van der Waals surface area contributed by atoms with E-state index in [2.05, 4.69) is 0 Å². The van der Waals surface area contributed by atoms with Crippen LogP contribution in [-0.4, -0.2) is 30.3 Å². The van der Waals surface area contributed by atoms with Crippen molar-refractivity contribution < 1.29 is 24.2 Å². The maximum atomic E-state index is 11.9. The fourth-order valence-electron chi connectivity index (χ4n) is 2.05. The van der Waals surface area contributed by atoms with Crippen LogP contribution in [0.1, 0.15) is 32.3 Å². The van der Waals surface area contributed by atoms with Gasteiger partial charge in [0.2, 0.25) is 0 Å². The SMILES string of the molecule is CCOC(=O)C(CC)(CCOCc1ccccc1)C(=O)O. The van der Waals surface area contributed by atoms with Crippen molar-refractivity contribution >= 4 is 11.9 Å². The van der Waals surface area contributed by atoms with Gasteiger partial charge in [-0.15, -0.1) is 0 Å². The average Bonchev–Trinajstić information content (AvgIpc) is 2.48. The zero-order chi connectivity index (χ0) is 15.7. The highest BCUT2D eigenvalue weighted by Gasteiger charge is 2.45. The van der Waals surface area contributed by atoms with Crippen molar-refractivity contribution in [3.05, 3.63) is 35.9 Å². The minimum atomic E-state index is -1.52. The molecule has 0 spiro atoms. The molecule has 5 nitrogen and oxygen atoms in total. The van der Waals surface area contributed by atoms with E-state index in [1.165, 1.54) is 0 Å². The van der Waals surface area contributed by atoms with Crippen LogP contribution in [0.25, 0.3) is 0 Å². The summed E-state index contributed by atoms with van der Waals surface area (Å²) < 4.78 is 10.4. The summed E-state index contributed by atoms with van der Waals surface area (Å²) in [5.41, 5.74) is -0.516. The molecule has 0 fully saturated rings. The van der Waals surface area contributed by atoms with E-state index in [1.807, 2.05) is 30.3 Å². The number of hydrogen-bond acceptors (Lipinski definition) is 4. The average molecular weight is 294 g/mol. The first-order valence-corrected chi connectivity index (χ1v) is 7.09. The van der Waals surface area contributed by atoms with Gasteiger partial charge in [0.05, 0.1) is 13.2 Å². The van der Waals surface area contributed by atoms with Crippen molar-refractivity contribution in [1.82, 2.24) is 0 Å². The number of hydrogen-bond donors (Lipinski definition) is 1. The summed E-state index contributed by atoms with van der Waals surface area (Å²) in [4.78, 5) is 23.4. The molecule has 5 heteroatoms. The highest BCUT2D eigenvalue weighted by Crippen LogP contribution is 2.29. The van der Waals surface area contributed by atoms with Gasteiger partial charge >= 0.3 is 11.9 Å². The molecule has 1 atom stereocenters. The quantitative estimate of drug-likeness (QED) is 0.430. The Labute approximate surface area is 124 Å². The molecule has 0 aliphatic heterocycles. The number of carbonyl (C=O) groups is 2. The highest BCUT2D eigenvalue weighted by atomic mass is 16.5. The van der Waals surface area contributed by atoms with Crippen LogP contribution in [0.3, 0.4) is 0 Å². The van der Waals surface area contributed by atoms with Crippen molar-refractivity contribution in [1.29, 1.82) is 0 Å². The van der Waals surface area contributed by atoms with Gasteiger partial charge in [0.15, 0.2) is 5.41 Å². The minimum absolute atomic E-state index is 0.102. The highest BCUT2D eigenvalue weighted by molar-refractivity contribution is 5.99. The van der Waals surface area contributed by atoms with E-state index in [4.69, 9.17) is 9.47 Å². The third-order valence-corrected chi connectivity index (χ3v) is 3.46. The molecule has 0 aliphatic rings. The lowest BCUT2D eigenvalue weighted by Gasteiger charge is -2.25. The van der Waals surface area contributed by atoms with E-state index in [-0.39, 0.29) is 26.1 Å². The number of ether oxygens (including phenoxy) is 2. The van der Waals surface area contributed by atoms with Crippen molar-refractivity contribution in [2.45, 2.75) is 33.3 Å². The number of esters is 1. The Morgan fingerprint density at radius 1 is 1.19 bits per heavy atom. The van der Waals surface area contributed by atoms with Gasteiger partial charge in [-0.3, -0.25) is 9.59 Å².